The molecule has 0 spiro atoms. The largest absolute Gasteiger partial charge is 0.369 e. The van der Waals surface area contributed by atoms with Gasteiger partial charge in [0.05, 0.1) is 0 Å². The van der Waals surface area contributed by atoms with E-state index in [9.17, 15) is 0 Å². The first-order valence-corrected chi connectivity index (χ1v) is 5.05. The van der Waals surface area contributed by atoms with Crippen molar-refractivity contribution in [1.29, 1.82) is 0 Å². The fourth-order valence-corrected chi connectivity index (χ4v) is 0.813. The zero-order chi connectivity index (χ0) is 10.6. The van der Waals surface area contributed by atoms with E-state index >= 15 is 0 Å². The molecule has 1 aromatic carbocycles. The molecule has 1 heteroatoms. The Balaban J connectivity index is 0.000000791. The highest BCUT2D eigenvalue weighted by Crippen LogP contribution is 1.94. The molecule has 0 N–H and O–H groups in total. The number of ether oxygens (including phenoxy) is 1. The minimum absolute atomic E-state index is 0.519. The van der Waals surface area contributed by atoms with Gasteiger partial charge in [-0.1, -0.05) is 43.9 Å². The van der Waals surface area contributed by atoms with Crippen LogP contribution < -0.4 is 0 Å². The molecule has 1 rings (SSSR count). The summed E-state index contributed by atoms with van der Waals surface area (Å²) >= 11 is 0. The Hall–Kier alpha value is -1.26. The monoisotopic (exact) mass is 190 g/mol. The molecule has 0 saturated heterocycles. The highest BCUT2D eigenvalue weighted by molar-refractivity contribution is 5.33. The molecular formula is C13H18O. The Morgan fingerprint density at radius 3 is 2.36 bits per heavy atom. The van der Waals surface area contributed by atoms with E-state index < -0.39 is 0 Å². The molecule has 0 atom stereocenters. The number of rotatable bonds is 2. The zero-order valence-electron chi connectivity index (χ0n) is 9.21. The quantitative estimate of drug-likeness (QED) is 0.514. The Bertz CT molecular complexity index is 266. The zero-order valence-corrected chi connectivity index (χ0v) is 9.21. The van der Waals surface area contributed by atoms with Crippen molar-refractivity contribution >= 4 is 0 Å². The normalized spacial score (nSPS) is 7.93. The molecule has 1 aromatic rings. The molecule has 0 radical (unpaired) electrons. The van der Waals surface area contributed by atoms with Gasteiger partial charge in [-0.2, -0.15) is 0 Å². The lowest BCUT2D eigenvalue weighted by Crippen LogP contribution is -1.88. The first kappa shape index (κ1) is 12.7. The summed E-state index contributed by atoms with van der Waals surface area (Å²) in [4.78, 5) is 0. The van der Waals surface area contributed by atoms with Crippen molar-refractivity contribution in [2.24, 2.45) is 0 Å². The van der Waals surface area contributed by atoms with E-state index in [1.807, 2.05) is 51.1 Å². The Morgan fingerprint density at radius 1 is 1.14 bits per heavy atom. The molecule has 0 heterocycles. The topological polar surface area (TPSA) is 9.23 Å². The van der Waals surface area contributed by atoms with Crippen LogP contribution in [-0.2, 0) is 4.74 Å². The second kappa shape index (κ2) is 9.83. The Labute approximate surface area is 87.1 Å². The van der Waals surface area contributed by atoms with Gasteiger partial charge in [-0.3, -0.25) is 0 Å². The van der Waals surface area contributed by atoms with Gasteiger partial charge in [0.1, 0.15) is 6.61 Å². The molecule has 14 heavy (non-hydrogen) atoms. The lowest BCUT2D eigenvalue weighted by molar-refractivity contribution is 0.182. The number of hydrogen-bond acceptors (Lipinski definition) is 1. The summed E-state index contributed by atoms with van der Waals surface area (Å²) in [5, 5.41) is 0. The van der Waals surface area contributed by atoms with Crippen LogP contribution in [0.3, 0.4) is 0 Å². The van der Waals surface area contributed by atoms with E-state index in [2.05, 4.69) is 11.8 Å². The lowest BCUT2D eigenvalue weighted by Gasteiger charge is -1.89. The number of hydrogen-bond donors (Lipinski definition) is 0. The van der Waals surface area contributed by atoms with E-state index in [-0.39, 0.29) is 0 Å². The highest BCUT2D eigenvalue weighted by Gasteiger charge is 1.80. The van der Waals surface area contributed by atoms with Gasteiger partial charge in [0.2, 0.25) is 0 Å². The van der Waals surface area contributed by atoms with Crippen molar-refractivity contribution in [2.45, 2.75) is 20.8 Å². The second-order valence-corrected chi connectivity index (χ2v) is 2.30. The summed E-state index contributed by atoms with van der Waals surface area (Å²) in [5.41, 5.74) is 1.04. The SMILES string of the molecule is CC.CCOCC#Cc1ccccc1. The van der Waals surface area contributed by atoms with Crippen molar-refractivity contribution in [2.75, 3.05) is 13.2 Å². The minimum atomic E-state index is 0.519. The third-order valence-electron chi connectivity index (χ3n) is 1.38. The van der Waals surface area contributed by atoms with Crippen molar-refractivity contribution in [3.8, 4) is 11.8 Å². The van der Waals surface area contributed by atoms with Crippen LogP contribution in [0, 0.1) is 11.8 Å². The van der Waals surface area contributed by atoms with Crippen molar-refractivity contribution < 1.29 is 4.74 Å². The minimum Gasteiger partial charge on any atom is -0.369 e. The Morgan fingerprint density at radius 2 is 1.79 bits per heavy atom. The van der Waals surface area contributed by atoms with Gasteiger partial charge in [-0.15, -0.1) is 0 Å². The third kappa shape index (κ3) is 6.28. The average molecular weight is 190 g/mol. The lowest BCUT2D eigenvalue weighted by atomic mass is 10.2. The number of benzene rings is 1. The molecule has 0 aliphatic carbocycles. The van der Waals surface area contributed by atoms with Gasteiger partial charge >= 0.3 is 0 Å². The summed E-state index contributed by atoms with van der Waals surface area (Å²) in [6, 6.07) is 9.90. The molecule has 0 aliphatic heterocycles. The van der Waals surface area contributed by atoms with E-state index in [0.29, 0.717) is 6.61 Å². The van der Waals surface area contributed by atoms with E-state index in [0.717, 1.165) is 12.2 Å². The maximum absolute atomic E-state index is 5.08. The molecule has 0 saturated carbocycles. The highest BCUT2D eigenvalue weighted by atomic mass is 16.5. The van der Waals surface area contributed by atoms with Crippen LogP contribution in [0.2, 0.25) is 0 Å². The summed E-state index contributed by atoms with van der Waals surface area (Å²) < 4.78 is 5.08. The van der Waals surface area contributed by atoms with Crippen LogP contribution in [-0.4, -0.2) is 13.2 Å². The molecule has 0 aliphatic rings. The van der Waals surface area contributed by atoms with E-state index in [4.69, 9.17) is 4.74 Å². The van der Waals surface area contributed by atoms with E-state index in [1.165, 1.54) is 0 Å². The van der Waals surface area contributed by atoms with Crippen LogP contribution in [0.5, 0.6) is 0 Å². The molecular weight excluding hydrogens is 172 g/mol. The predicted molar refractivity (Wildman–Crippen MR) is 61.2 cm³/mol. The molecule has 0 unspecified atom stereocenters. The van der Waals surface area contributed by atoms with Gasteiger partial charge < -0.3 is 4.74 Å². The van der Waals surface area contributed by atoms with Crippen molar-refractivity contribution in [3.05, 3.63) is 35.9 Å². The fraction of sp³-hybridized carbons (Fsp3) is 0.385. The van der Waals surface area contributed by atoms with Crippen LogP contribution in [0.4, 0.5) is 0 Å². The van der Waals surface area contributed by atoms with Gasteiger partial charge in [0.15, 0.2) is 0 Å². The summed E-state index contributed by atoms with van der Waals surface area (Å²) in [5.74, 6) is 5.93. The maximum atomic E-state index is 5.08. The van der Waals surface area contributed by atoms with Crippen molar-refractivity contribution in [1.82, 2.24) is 0 Å². The third-order valence-corrected chi connectivity index (χ3v) is 1.38. The summed E-state index contributed by atoms with van der Waals surface area (Å²) in [6.45, 7) is 7.21. The molecule has 0 fully saturated rings. The van der Waals surface area contributed by atoms with E-state index in [1.54, 1.807) is 0 Å². The first-order chi connectivity index (χ1) is 6.93. The predicted octanol–water partition coefficient (Wildman–Crippen LogP) is 3.10. The summed E-state index contributed by atoms with van der Waals surface area (Å²) in [7, 11) is 0. The Kier molecular flexibility index (Phi) is 8.94. The molecule has 0 amide bonds. The average Bonchev–Trinajstić information content (AvgIpc) is 2.29. The molecule has 0 aromatic heterocycles. The molecule has 76 valence electrons. The standard InChI is InChI=1S/C11H12O.C2H6/c1-2-12-10-6-9-11-7-4-3-5-8-11;1-2/h3-5,7-8H,2,10H2,1H3;1-2H3. The van der Waals surface area contributed by atoms with Crippen LogP contribution in [0.25, 0.3) is 0 Å². The van der Waals surface area contributed by atoms with Gasteiger partial charge in [0.25, 0.3) is 0 Å². The van der Waals surface area contributed by atoms with Gasteiger partial charge in [0, 0.05) is 12.2 Å². The first-order valence-electron chi connectivity index (χ1n) is 5.05. The van der Waals surface area contributed by atoms with Crippen LogP contribution in [0.1, 0.15) is 26.3 Å². The van der Waals surface area contributed by atoms with Gasteiger partial charge in [-0.25, -0.2) is 0 Å². The van der Waals surface area contributed by atoms with Gasteiger partial charge in [-0.05, 0) is 19.1 Å². The maximum Gasteiger partial charge on any atom is 0.108 e. The molecule has 0 bridgehead atoms. The second-order valence-electron chi connectivity index (χ2n) is 2.30. The molecule has 1 nitrogen and oxygen atoms in total. The summed E-state index contributed by atoms with van der Waals surface area (Å²) in [6.07, 6.45) is 0. The van der Waals surface area contributed by atoms with Crippen LogP contribution >= 0.6 is 0 Å². The van der Waals surface area contributed by atoms with Crippen molar-refractivity contribution in [3.63, 3.8) is 0 Å². The van der Waals surface area contributed by atoms with Crippen LogP contribution in [0.15, 0.2) is 30.3 Å². The fourth-order valence-electron chi connectivity index (χ4n) is 0.813. The smallest absolute Gasteiger partial charge is 0.108 e.